The largest absolute Gasteiger partial charge is 0.486 e. The molecule has 5 nitrogen and oxygen atoms in total. The SMILES string of the molecule is CC1(C)Oc2ccc(C#N)cc2C(OC2=CC(=O)SC2)C1(C)O. The van der Waals surface area contributed by atoms with Crippen molar-refractivity contribution >= 4 is 16.9 Å². The highest BCUT2D eigenvalue weighted by Gasteiger charge is 2.54. The number of rotatable bonds is 2. The lowest BCUT2D eigenvalue weighted by Gasteiger charge is -2.49. The number of thioether (sulfide) groups is 1. The summed E-state index contributed by atoms with van der Waals surface area (Å²) in [5, 5.41) is 20.1. The molecule has 6 heteroatoms. The Labute approximate surface area is 138 Å². The van der Waals surface area contributed by atoms with E-state index in [-0.39, 0.29) is 5.12 Å². The zero-order chi connectivity index (χ0) is 16.8. The van der Waals surface area contributed by atoms with Gasteiger partial charge in [0.2, 0.25) is 5.12 Å². The number of carbonyl (C=O) groups excluding carboxylic acids is 1. The molecule has 0 saturated heterocycles. The summed E-state index contributed by atoms with van der Waals surface area (Å²) >= 11 is 1.16. The lowest BCUT2D eigenvalue weighted by atomic mass is 9.77. The normalized spacial score (nSPS) is 28.4. The number of aliphatic hydroxyl groups is 1. The van der Waals surface area contributed by atoms with Gasteiger partial charge >= 0.3 is 0 Å². The standard InChI is InChI=1S/C17H17NO4S/c1-16(2)17(3,20)15(21-11-7-14(19)23-9-11)12-6-10(8-18)4-5-13(12)22-16/h4-7,15,20H,9H2,1-3H3. The fraction of sp³-hybridized carbons (Fsp3) is 0.412. The fourth-order valence-corrected chi connectivity index (χ4v) is 3.32. The molecule has 1 aromatic carbocycles. The second-order valence-electron chi connectivity index (χ2n) is 6.34. The Kier molecular flexibility index (Phi) is 3.66. The molecule has 0 radical (unpaired) electrons. The summed E-state index contributed by atoms with van der Waals surface area (Å²) in [6.45, 7) is 5.21. The summed E-state index contributed by atoms with van der Waals surface area (Å²) in [6, 6.07) is 7.12. The van der Waals surface area contributed by atoms with E-state index < -0.39 is 17.3 Å². The minimum Gasteiger partial charge on any atom is -0.486 e. The fourth-order valence-electron chi connectivity index (χ4n) is 2.67. The molecule has 0 saturated carbocycles. The molecule has 0 amide bonds. The van der Waals surface area contributed by atoms with Crippen LogP contribution in [0.4, 0.5) is 0 Å². The predicted molar refractivity (Wildman–Crippen MR) is 85.9 cm³/mol. The van der Waals surface area contributed by atoms with Gasteiger partial charge in [-0.05, 0) is 39.0 Å². The molecule has 0 fully saturated rings. The van der Waals surface area contributed by atoms with Crippen molar-refractivity contribution in [1.82, 2.24) is 0 Å². The Morgan fingerprint density at radius 1 is 1.43 bits per heavy atom. The van der Waals surface area contributed by atoms with Crippen LogP contribution in [-0.4, -0.2) is 27.2 Å². The van der Waals surface area contributed by atoms with Crippen LogP contribution in [0.3, 0.4) is 0 Å². The Bertz CT molecular complexity index is 745. The number of benzene rings is 1. The van der Waals surface area contributed by atoms with Crippen LogP contribution in [0.2, 0.25) is 0 Å². The lowest BCUT2D eigenvalue weighted by molar-refractivity contribution is -0.187. The Balaban J connectivity index is 2.08. The number of nitriles is 1. The van der Waals surface area contributed by atoms with Crippen LogP contribution in [0.25, 0.3) is 0 Å². The third-order valence-corrected chi connectivity index (χ3v) is 5.25. The first-order valence-electron chi connectivity index (χ1n) is 7.24. The maximum absolute atomic E-state index is 11.4. The highest BCUT2D eigenvalue weighted by atomic mass is 32.2. The van der Waals surface area contributed by atoms with E-state index in [1.807, 2.05) is 0 Å². The zero-order valence-electron chi connectivity index (χ0n) is 13.1. The summed E-state index contributed by atoms with van der Waals surface area (Å²) in [5.41, 5.74) is -1.17. The third-order valence-electron chi connectivity index (χ3n) is 4.42. The molecule has 3 rings (SSSR count). The zero-order valence-corrected chi connectivity index (χ0v) is 13.9. The van der Waals surface area contributed by atoms with E-state index in [9.17, 15) is 9.90 Å². The summed E-state index contributed by atoms with van der Waals surface area (Å²) in [7, 11) is 0. The average Bonchev–Trinajstić information content (AvgIpc) is 2.89. The van der Waals surface area contributed by atoms with E-state index in [1.165, 1.54) is 6.08 Å². The number of carbonyl (C=O) groups is 1. The minimum absolute atomic E-state index is 0.0584. The summed E-state index contributed by atoms with van der Waals surface area (Å²) in [6.07, 6.45) is 0.712. The van der Waals surface area contributed by atoms with Crippen molar-refractivity contribution in [2.24, 2.45) is 0 Å². The molecule has 1 N–H and O–H groups in total. The van der Waals surface area contributed by atoms with Gasteiger partial charge in [0.15, 0.2) is 6.10 Å². The molecule has 2 heterocycles. The van der Waals surface area contributed by atoms with Crippen molar-refractivity contribution in [2.45, 2.75) is 38.1 Å². The van der Waals surface area contributed by atoms with E-state index >= 15 is 0 Å². The predicted octanol–water partition coefficient (Wildman–Crippen LogP) is 2.70. The van der Waals surface area contributed by atoms with Gasteiger partial charge in [-0.15, -0.1) is 0 Å². The highest BCUT2D eigenvalue weighted by molar-refractivity contribution is 8.14. The molecular weight excluding hydrogens is 314 g/mol. The maximum atomic E-state index is 11.4. The van der Waals surface area contributed by atoms with Crippen LogP contribution >= 0.6 is 11.8 Å². The van der Waals surface area contributed by atoms with Crippen LogP contribution in [-0.2, 0) is 9.53 Å². The first-order valence-corrected chi connectivity index (χ1v) is 8.22. The summed E-state index contributed by atoms with van der Waals surface area (Å²) < 4.78 is 11.9. The van der Waals surface area contributed by atoms with Crippen LogP contribution < -0.4 is 4.74 Å². The average molecular weight is 331 g/mol. The molecular formula is C17H17NO4S. The van der Waals surface area contributed by atoms with Crippen molar-refractivity contribution in [3.63, 3.8) is 0 Å². The van der Waals surface area contributed by atoms with Crippen molar-refractivity contribution in [1.29, 1.82) is 5.26 Å². The lowest BCUT2D eigenvalue weighted by Crippen LogP contribution is -2.58. The number of ether oxygens (including phenoxy) is 2. The van der Waals surface area contributed by atoms with Crippen LogP contribution in [0.15, 0.2) is 30.0 Å². The minimum atomic E-state index is -1.34. The number of hydrogen-bond acceptors (Lipinski definition) is 6. The van der Waals surface area contributed by atoms with Gasteiger partial charge in [-0.25, -0.2) is 0 Å². The van der Waals surface area contributed by atoms with E-state index in [1.54, 1.807) is 39.0 Å². The van der Waals surface area contributed by atoms with Gasteiger partial charge in [-0.1, -0.05) is 11.8 Å². The third kappa shape index (κ3) is 2.60. The molecule has 1 aromatic rings. The van der Waals surface area contributed by atoms with Crippen molar-refractivity contribution < 1.29 is 19.4 Å². The van der Waals surface area contributed by atoms with E-state index in [0.29, 0.717) is 28.4 Å². The maximum Gasteiger partial charge on any atom is 0.215 e. The number of fused-ring (bicyclic) bond motifs is 1. The molecule has 2 aliphatic rings. The Morgan fingerprint density at radius 2 is 2.17 bits per heavy atom. The van der Waals surface area contributed by atoms with Gasteiger partial charge in [-0.3, -0.25) is 4.79 Å². The first-order chi connectivity index (χ1) is 10.7. The number of hydrogen-bond donors (Lipinski definition) is 1. The topological polar surface area (TPSA) is 79.5 Å². The van der Waals surface area contributed by atoms with Gasteiger partial charge < -0.3 is 14.6 Å². The second kappa shape index (κ2) is 5.29. The molecule has 2 aliphatic heterocycles. The molecule has 0 bridgehead atoms. The van der Waals surface area contributed by atoms with Gasteiger partial charge in [0.05, 0.1) is 17.4 Å². The van der Waals surface area contributed by atoms with Crippen LogP contribution in [0, 0.1) is 11.3 Å². The van der Waals surface area contributed by atoms with E-state index in [4.69, 9.17) is 14.7 Å². The van der Waals surface area contributed by atoms with Gasteiger partial charge in [0, 0.05) is 11.6 Å². The summed E-state index contributed by atoms with van der Waals surface area (Å²) in [4.78, 5) is 11.4. The van der Waals surface area contributed by atoms with Gasteiger partial charge in [-0.2, -0.15) is 5.26 Å². The molecule has 0 aliphatic carbocycles. The van der Waals surface area contributed by atoms with Crippen molar-refractivity contribution in [2.75, 3.05) is 5.75 Å². The molecule has 120 valence electrons. The smallest absolute Gasteiger partial charge is 0.215 e. The van der Waals surface area contributed by atoms with E-state index in [2.05, 4.69) is 6.07 Å². The monoisotopic (exact) mass is 331 g/mol. The molecule has 0 spiro atoms. The molecule has 2 atom stereocenters. The second-order valence-corrected chi connectivity index (χ2v) is 7.32. The van der Waals surface area contributed by atoms with Crippen LogP contribution in [0.1, 0.15) is 38.0 Å². The Morgan fingerprint density at radius 3 is 2.78 bits per heavy atom. The van der Waals surface area contributed by atoms with Gasteiger partial charge in [0.1, 0.15) is 22.7 Å². The van der Waals surface area contributed by atoms with Crippen molar-refractivity contribution in [3.8, 4) is 11.8 Å². The van der Waals surface area contributed by atoms with Crippen molar-refractivity contribution in [3.05, 3.63) is 41.2 Å². The first kappa shape index (κ1) is 15.9. The highest BCUT2D eigenvalue weighted by Crippen LogP contribution is 2.49. The molecule has 2 unspecified atom stereocenters. The molecule has 23 heavy (non-hydrogen) atoms. The molecule has 0 aromatic heterocycles. The Hall–Kier alpha value is -1.97. The van der Waals surface area contributed by atoms with E-state index in [0.717, 1.165) is 11.8 Å². The van der Waals surface area contributed by atoms with Crippen LogP contribution in [0.5, 0.6) is 5.75 Å². The quantitative estimate of drug-likeness (QED) is 0.897. The number of nitrogens with zero attached hydrogens (tertiary/aromatic N) is 1. The summed E-state index contributed by atoms with van der Waals surface area (Å²) in [5.74, 6) is 1.54. The van der Waals surface area contributed by atoms with Gasteiger partial charge in [0.25, 0.3) is 0 Å².